The predicted molar refractivity (Wildman–Crippen MR) is 150 cm³/mol. The molecule has 0 aromatic heterocycles. The molecule has 1 amide bonds. The van der Waals surface area contributed by atoms with Gasteiger partial charge in [-0.15, -0.1) is 0 Å². The Labute approximate surface area is 227 Å². The number of carboxylic acid groups (broad SMARTS) is 1. The highest BCUT2D eigenvalue weighted by molar-refractivity contribution is 7.89. The summed E-state index contributed by atoms with van der Waals surface area (Å²) < 4.78 is 30.8. The van der Waals surface area contributed by atoms with Crippen LogP contribution >= 0.6 is 0 Å². The molecule has 1 aliphatic heterocycles. The molecule has 0 bridgehead atoms. The number of nitrogens with one attached hydrogen (secondary N) is 1. The predicted octanol–water partition coefficient (Wildman–Crippen LogP) is 3.08. The van der Waals surface area contributed by atoms with E-state index in [1.54, 1.807) is 4.90 Å². The Morgan fingerprint density at radius 1 is 1.03 bits per heavy atom. The Hall–Kier alpha value is -2.66. The van der Waals surface area contributed by atoms with Crippen molar-refractivity contribution in [1.29, 1.82) is 0 Å². The number of nitrogens with two attached hydrogens (primary N) is 2. The number of guanidine groups is 1. The third kappa shape index (κ3) is 8.17. The lowest BCUT2D eigenvalue weighted by atomic mass is 9.89. The second-order valence-electron chi connectivity index (χ2n) is 11.1. The number of benzene rings is 1. The van der Waals surface area contributed by atoms with E-state index in [1.807, 2.05) is 39.8 Å². The molecule has 6 N–H and O–H groups in total. The van der Waals surface area contributed by atoms with Crippen molar-refractivity contribution in [3.8, 4) is 0 Å². The van der Waals surface area contributed by atoms with E-state index >= 15 is 0 Å². The van der Waals surface area contributed by atoms with E-state index in [4.69, 9.17) is 11.5 Å². The first-order valence-corrected chi connectivity index (χ1v) is 14.9. The lowest BCUT2D eigenvalue weighted by Crippen LogP contribution is -2.51. The highest BCUT2D eigenvalue weighted by atomic mass is 32.2. The van der Waals surface area contributed by atoms with Gasteiger partial charge in [0.2, 0.25) is 15.9 Å². The normalized spacial score (nSPS) is 15.8. The van der Waals surface area contributed by atoms with E-state index < -0.39 is 28.0 Å². The number of hydrogen-bond acceptors (Lipinski definition) is 5. The average Bonchev–Trinajstić information content (AvgIpc) is 2.84. The minimum absolute atomic E-state index is 0.0520. The van der Waals surface area contributed by atoms with Crippen LogP contribution in [0.3, 0.4) is 0 Å². The highest BCUT2D eigenvalue weighted by Gasteiger charge is 2.35. The minimum atomic E-state index is -4.09. The van der Waals surface area contributed by atoms with Gasteiger partial charge in [-0.25, -0.2) is 8.42 Å². The third-order valence-corrected chi connectivity index (χ3v) is 8.65. The topological polar surface area (TPSA) is 168 Å². The number of likely N-dealkylation sites (tertiary alicyclic amines) is 1. The van der Waals surface area contributed by atoms with Gasteiger partial charge in [-0.1, -0.05) is 53.7 Å². The molecule has 214 valence electrons. The molecule has 1 saturated heterocycles. The molecule has 38 heavy (non-hydrogen) atoms. The summed E-state index contributed by atoms with van der Waals surface area (Å²) in [6.45, 7) is 12.8. The molecule has 1 heterocycles. The summed E-state index contributed by atoms with van der Waals surface area (Å²) in [7, 11) is -4.09. The summed E-state index contributed by atoms with van der Waals surface area (Å²) >= 11 is 0. The van der Waals surface area contributed by atoms with Crippen molar-refractivity contribution in [3.05, 3.63) is 28.8 Å². The van der Waals surface area contributed by atoms with Crippen LogP contribution < -0.4 is 16.2 Å². The first-order chi connectivity index (χ1) is 17.7. The molecule has 0 aliphatic carbocycles. The van der Waals surface area contributed by atoms with Crippen LogP contribution in [-0.4, -0.2) is 61.9 Å². The number of piperidine rings is 1. The molecule has 1 unspecified atom stereocenters. The summed E-state index contributed by atoms with van der Waals surface area (Å²) in [6, 6.07) is 2.89. The molecule has 10 nitrogen and oxygen atoms in total. The SMILES string of the molecule is CC(C)c1cc(C(C)C)c(S(=O)(=O)NC(CCCN=C(N)N)C(=O)N2CCC(C(=O)O)CC2)c(C(C)C)c1. The second-order valence-corrected chi connectivity index (χ2v) is 12.7. The lowest BCUT2D eigenvalue weighted by molar-refractivity contribution is -0.146. The molecular weight excluding hydrogens is 506 g/mol. The Bertz CT molecular complexity index is 1090. The Morgan fingerprint density at radius 3 is 1.97 bits per heavy atom. The van der Waals surface area contributed by atoms with Gasteiger partial charge in [0.05, 0.1) is 10.8 Å². The first kappa shape index (κ1) is 31.6. The van der Waals surface area contributed by atoms with Crippen LogP contribution in [0.25, 0.3) is 0 Å². The molecule has 0 spiro atoms. The van der Waals surface area contributed by atoms with E-state index in [-0.39, 0.29) is 60.6 Å². The van der Waals surface area contributed by atoms with Crippen molar-refractivity contribution < 1.29 is 23.1 Å². The van der Waals surface area contributed by atoms with Gasteiger partial charge >= 0.3 is 5.97 Å². The van der Waals surface area contributed by atoms with E-state index in [0.29, 0.717) is 19.3 Å². The number of aliphatic carboxylic acids is 1. The number of sulfonamides is 1. The highest BCUT2D eigenvalue weighted by Crippen LogP contribution is 2.35. The molecule has 0 radical (unpaired) electrons. The number of carbonyl (C=O) groups excluding carboxylic acids is 1. The van der Waals surface area contributed by atoms with Gasteiger partial charge in [-0.05, 0) is 60.1 Å². The average molecular weight is 552 g/mol. The Balaban J connectivity index is 2.47. The summed E-state index contributed by atoms with van der Waals surface area (Å²) in [4.78, 5) is 30.7. The van der Waals surface area contributed by atoms with Crippen molar-refractivity contribution in [2.45, 2.75) is 95.9 Å². The Kier molecular flexibility index (Phi) is 11.1. The van der Waals surface area contributed by atoms with E-state index in [0.717, 1.165) is 16.7 Å². The van der Waals surface area contributed by atoms with E-state index in [2.05, 4.69) is 23.6 Å². The summed E-state index contributed by atoms with van der Waals surface area (Å²) in [6.07, 6.45) is 1.26. The first-order valence-electron chi connectivity index (χ1n) is 13.4. The molecule has 0 saturated carbocycles. The smallest absolute Gasteiger partial charge is 0.306 e. The number of hydrogen-bond donors (Lipinski definition) is 4. The fourth-order valence-corrected chi connectivity index (χ4v) is 6.67. The van der Waals surface area contributed by atoms with Crippen molar-refractivity contribution >= 4 is 27.9 Å². The fraction of sp³-hybridized carbons (Fsp3) is 0.667. The van der Waals surface area contributed by atoms with Crippen LogP contribution in [0.15, 0.2) is 22.0 Å². The molecule has 1 aromatic carbocycles. The fourth-order valence-electron chi connectivity index (χ4n) is 4.75. The summed E-state index contributed by atoms with van der Waals surface area (Å²) in [5.74, 6) is -1.69. The van der Waals surface area contributed by atoms with Gasteiger partial charge < -0.3 is 21.5 Å². The maximum absolute atomic E-state index is 14.0. The largest absolute Gasteiger partial charge is 0.481 e. The molecule has 1 atom stereocenters. The zero-order valence-electron chi connectivity index (χ0n) is 23.5. The van der Waals surface area contributed by atoms with Crippen LogP contribution in [0.1, 0.15) is 102 Å². The zero-order valence-corrected chi connectivity index (χ0v) is 24.3. The molecule has 1 aromatic rings. The van der Waals surface area contributed by atoms with E-state index in [9.17, 15) is 23.1 Å². The van der Waals surface area contributed by atoms with Gasteiger partial charge in [-0.2, -0.15) is 4.72 Å². The third-order valence-electron chi connectivity index (χ3n) is 7.04. The van der Waals surface area contributed by atoms with Crippen molar-refractivity contribution in [2.24, 2.45) is 22.4 Å². The van der Waals surface area contributed by atoms with Gasteiger partial charge in [-0.3, -0.25) is 14.6 Å². The number of nitrogens with zero attached hydrogens (tertiary/aromatic N) is 2. The zero-order chi connectivity index (χ0) is 28.8. The van der Waals surface area contributed by atoms with Crippen LogP contribution in [-0.2, 0) is 19.6 Å². The van der Waals surface area contributed by atoms with E-state index in [1.165, 1.54) is 0 Å². The lowest BCUT2D eigenvalue weighted by Gasteiger charge is -2.33. The summed E-state index contributed by atoms with van der Waals surface area (Å²) in [5.41, 5.74) is 13.4. The number of amides is 1. The van der Waals surface area contributed by atoms with Crippen LogP contribution in [0.5, 0.6) is 0 Å². The number of carbonyl (C=O) groups is 2. The van der Waals surface area contributed by atoms with Gasteiger partial charge in [0.15, 0.2) is 5.96 Å². The maximum atomic E-state index is 14.0. The van der Waals surface area contributed by atoms with Crippen LogP contribution in [0, 0.1) is 5.92 Å². The number of aliphatic imine (C=N–C) groups is 1. The molecule has 2 rings (SSSR count). The monoisotopic (exact) mass is 551 g/mol. The molecule has 1 fully saturated rings. The molecule has 11 heteroatoms. The number of rotatable bonds is 12. The quantitative estimate of drug-likeness (QED) is 0.176. The van der Waals surface area contributed by atoms with Crippen molar-refractivity contribution in [1.82, 2.24) is 9.62 Å². The van der Waals surface area contributed by atoms with Gasteiger partial charge in [0.1, 0.15) is 6.04 Å². The number of carboxylic acids is 1. The van der Waals surface area contributed by atoms with Crippen molar-refractivity contribution in [3.63, 3.8) is 0 Å². The molecular formula is C27H45N5O5S. The maximum Gasteiger partial charge on any atom is 0.306 e. The standard InChI is InChI=1S/C27H45N5O5S/c1-16(2)20-14-21(17(3)4)24(22(15-20)18(5)6)38(36,37)31-23(8-7-11-30-27(28)29)25(33)32-12-9-19(10-13-32)26(34)35/h14-19,23,31H,7-13H2,1-6H3,(H,34,35)(H4,28,29,30). The summed E-state index contributed by atoms with van der Waals surface area (Å²) in [5, 5.41) is 9.31. The van der Waals surface area contributed by atoms with Crippen LogP contribution in [0.4, 0.5) is 0 Å². The molecule has 1 aliphatic rings. The van der Waals surface area contributed by atoms with Crippen molar-refractivity contribution in [2.75, 3.05) is 19.6 Å². The van der Waals surface area contributed by atoms with Gasteiger partial charge in [0.25, 0.3) is 0 Å². The Morgan fingerprint density at radius 2 is 1.55 bits per heavy atom. The minimum Gasteiger partial charge on any atom is -0.481 e. The second kappa shape index (κ2) is 13.4. The van der Waals surface area contributed by atoms with Crippen LogP contribution in [0.2, 0.25) is 0 Å². The van der Waals surface area contributed by atoms with Gasteiger partial charge in [0, 0.05) is 19.6 Å².